The van der Waals surface area contributed by atoms with Gasteiger partial charge in [-0.2, -0.15) is 5.06 Å². The summed E-state index contributed by atoms with van der Waals surface area (Å²) in [6.45, 7) is 12.9. The lowest BCUT2D eigenvalue weighted by Crippen LogP contribution is -2.62. The van der Waals surface area contributed by atoms with Crippen LogP contribution in [-0.4, -0.2) is 96.7 Å². The van der Waals surface area contributed by atoms with Gasteiger partial charge in [0.05, 0.1) is 31.9 Å². The van der Waals surface area contributed by atoms with Crippen molar-refractivity contribution in [2.24, 2.45) is 35.0 Å². The molecular formula is C39H57FN4O6. The second kappa shape index (κ2) is 15.3. The molecule has 0 spiro atoms. The summed E-state index contributed by atoms with van der Waals surface area (Å²) in [6.07, 6.45) is 0.395. The zero-order valence-corrected chi connectivity index (χ0v) is 31.1. The molecule has 0 aromatic heterocycles. The van der Waals surface area contributed by atoms with Gasteiger partial charge in [-0.05, 0) is 80.6 Å². The highest BCUT2D eigenvalue weighted by Crippen LogP contribution is 2.61. The fraction of sp³-hybridized carbons (Fsp3) is 0.641. The van der Waals surface area contributed by atoms with E-state index in [0.717, 1.165) is 6.42 Å². The first-order valence-corrected chi connectivity index (χ1v) is 18.0. The first-order valence-electron chi connectivity index (χ1n) is 18.0. The number of hydrogen-bond acceptors (Lipinski definition) is 8. The van der Waals surface area contributed by atoms with E-state index >= 15 is 4.39 Å². The third-order valence-electron chi connectivity index (χ3n) is 11.9. The SMILES string of the molecule is COc1c(CN2O[C@@H](CO)[C@@H]([C@H](C)O)[C@H]2C(=O)N[C@H]2C[C@H]3C[C@@H]([C@@H]2C)C3(C)C)cccc1-c1ccc(F)c(C(=O)N[C@H](CN(C)C)C(C)C)c1. The van der Waals surface area contributed by atoms with Crippen LogP contribution < -0.4 is 15.4 Å². The van der Waals surface area contributed by atoms with Gasteiger partial charge in [0.1, 0.15) is 23.7 Å². The molecule has 2 amide bonds. The molecule has 3 saturated carbocycles. The number of para-hydroxylation sites is 1. The Hall–Kier alpha value is -3.09. The lowest BCUT2D eigenvalue weighted by molar-refractivity contribution is -0.183. The number of methoxy groups -OCH3 is 1. The van der Waals surface area contributed by atoms with Crippen LogP contribution in [0.1, 0.15) is 70.3 Å². The Kier molecular flexibility index (Phi) is 11.6. The Labute approximate surface area is 296 Å². The van der Waals surface area contributed by atoms with Gasteiger partial charge >= 0.3 is 0 Å². The molecule has 2 aromatic carbocycles. The number of aliphatic hydroxyl groups excluding tert-OH is 2. The Morgan fingerprint density at radius 3 is 2.46 bits per heavy atom. The van der Waals surface area contributed by atoms with E-state index in [1.54, 1.807) is 18.1 Å². The minimum atomic E-state index is -0.922. The number of amides is 2. The van der Waals surface area contributed by atoms with Crippen LogP contribution in [0.5, 0.6) is 5.75 Å². The van der Waals surface area contributed by atoms with Crippen molar-refractivity contribution in [3.63, 3.8) is 0 Å². The van der Waals surface area contributed by atoms with Crippen molar-refractivity contribution < 1.29 is 33.8 Å². The summed E-state index contributed by atoms with van der Waals surface area (Å²) in [5.41, 5.74) is 2.11. The average Bonchev–Trinajstić information content (AvgIpc) is 3.43. The number of rotatable bonds is 13. The van der Waals surface area contributed by atoms with E-state index in [4.69, 9.17) is 9.57 Å². The maximum Gasteiger partial charge on any atom is 0.254 e. The quantitative estimate of drug-likeness (QED) is 0.242. The van der Waals surface area contributed by atoms with Crippen LogP contribution in [0.4, 0.5) is 4.39 Å². The topological polar surface area (TPSA) is 124 Å². The van der Waals surface area contributed by atoms with Gasteiger partial charge in [0, 0.05) is 35.7 Å². The lowest BCUT2D eigenvalue weighted by Gasteiger charge is -2.62. The van der Waals surface area contributed by atoms with Gasteiger partial charge in [0.15, 0.2) is 0 Å². The van der Waals surface area contributed by atoms with Crippen LogP contribution in [0.25, 0.3) is 11.1 Å². The lowest BCUT2D eigenvalue weighted by atomic mass is 9.45. The number of carbonyl (C=O) groups excluding carboxylic acids is 2. The van der Waals surface area contributed by atoms with E-state index in [1.807, 2.05) is 51.0 Å². The van der Waals surface area contributed by atoms with Crippen molar-refractivity contribution in [1.29, 1.82) is 0 Å². The summed E-state index contributed by atoms with van der Waals surface area (Å²) < 4.78 is 21.0. The Morgan fingerprint density at radius 1 is 1.16 bits per heavy atom. The smallest absolute Gasteiger partial charge is 0.254 e. The summed E-state index contributed by atoms with van der Waals surface area (Å²) in [7, 11) is 5.39. The Morgan fingerprint density at radius 2 is 1.88 bits per heavy atom. The number of fused-ring (bicyclic) bond motifs is 2. The number of ether oxygens (including phenoxy) is 1. The summed E-state index contributed by atoms with van der Waals surface area (Å²) in [4.78, 5) is 35.7. The summed E-state index contributed by atoms with van der Waals surface area (Å²) >= 11 is 0. The number of hydrogen-bond donors (Lipinski definition) is 4. The molecule has 0 unspecified atom stereocenters. The van der Waals surface area contributed by atoms with Gasteiger partial charge in [-0.1, -0.05) is 58.9 Å². The van der Waals surface area contributed by atoms with E-state index in [2.05, 4.69) is 31.4 Å². The Bertz CT molecular complexity index is 1530. The molecule has 2 bridgehead atoms. The molecule has 50 heavy (non-hydrogen) atoms. The summed E-state index contributed by atoms with van der Waals surface area (Å²) in [5.74, 6) is 0.0166. The first-order chi connectivity index (χ1) is 23.6. The molecule has 3 aliphatic carbocycles. The summed E-state index contributed by atoms with van der Waals surface area (Å²) in [5, 5.41) is 29.0. The second-order valence-corrected chi connectivity index (χ2v) is 16.0. The molecule has 1 heterocycles. The molecule has 1 saturated heterocycles. The number of nitrogens with one attached hydrogen (secondary N) is 2. The van der Waals surface area contributed by atoms with Crippen LogP contribution in [0.2, 0.25) is 0 Å². The Balaban J connectivity index is 1.41. The molecule has 11 heteroatoms. The molecule has 276 valence electrons. The number of likely N-dealkylation sites (N-methyl/N-ethyl adjacent to an activating group) is 1. The maximum atomic E-state index is 15.1. The predicted molar refractivity (Wildman–Crippen MR) is 191 cm³/mol. The number of hydroxylamine groups is 2. The molecule has 4 aliphatic rings. The molecule has 9 atom stereocenters. The van der Waals surface area contributed by atoms with Crippen LogP contribution in [0.15, 0.2) is 36.4 Å². The second-order valence-electron chi connectivity index (χ2n) is 16.0. The fourth-order valence-electron chi connectivity index (χ4n) is 8.76. The third-order valence-corrected chi connectivity index (χ3v) is 11.9. The molecule has 4 fully saturated rings. The number of nitrogens with zero attached hydrogens (tertiary/aromatic N) is 2. The van der Waals surface area contributed by atoms with Crippen molar-refractivity contribution in [2.45, 2.75) is 91.3 Å². The van der Waals surface area contributed by atoms with E-state index in [1.165, 1.54) is 25.7 Å². The van der Waals surface area contributed by atoms with Gasteiger partial charge in [-0.3, -0.25) is 14.4 Å². The monoisotopic (exact) mass is 696 g/mol. The van der Waals surface area contributed by atoms with E-state index in [0.29, 0.717) is 46.7 Å². The highest BCUT2D eigenvalue weighted by molar-refractivity contribution is 5.96. The number of halogens is 1. The standard InChI is InChI=1S/C39H57FN4O6/c1-21(2)32(19-43(7)8)42-37(47)28-15-24(13-14-30(28)40)27-12-10-11-25(36(27)49-9)18-44-35(34(23(4)46)33(20-45)50-44)38(48)41-31-17-26-16-29(22(31)3)39(26,5)6/h10-15,21-23,26,29,31-35,45-46H,16-20H2,1-9H3,(H,41,48)(H,42,47)/t22-,23-,26+,29-,31-,32+,33-,34+,35-/m0/s1. The van der Waals surface area contributed by atoms with Gasteiger partial charge in [0.2, 0.25) is 5.91 Å². The van der Waals surface area contributed by atoms with Gasteiger partial charge in [-0.25, -0.2) is 4.39 Å². The third kappa shape index (κ3) is 7.44. The largest absolute Gasteiger partial charge is 0.496 e. The van der Waals surface area contributed by atoms with Gasteiger partial charge in [-0.15, -0.1) is 0 Å². The van der Waals surface area contributed by atoms with E-state index in [-0.39, 0.29) is 48.0 Å². The molecule has 4 N–H and O–H groups in total. The molecule has 10 nitrogen and oxygen atoms in total. The molecule has 0 radical (unpaired) electrons. The molecule has 2 aromatic rings. The maximum absolute atomic E-state index is 15.1. The van der Waals surface area contributed by atoms with E-state index < -0.39 is 35.9 Å². The predicted octanol–water partition coefficient (Wildman–Crippen LogP) is 4.48. The van der Waals surface area contributed by atoms with Crippen LogP contribution in [-0.2, 0) is 16.2 Å². The summed E-state index contributed by atoms with van der Waals surface area (Å²) in [6, 6.07) is 8.94. The average molecular weight is 697 g/mol. The highest BCUT2D eigenvalue weighted by atomic mass is 19.1. The number of benzene rings is 2. The molecule has 6 rings (SSSR count). The minimum Gasteiger partial charge on any atom is -0.496 e. The van der Waals surface area contributed by atoms with Crippen molar-refractivity contribution in [2.75, 3.05) is 34.4 Å². The number of aliphatic hydroxyl groups is 2. The minimum absolute atomic E-state index is 0.0189. The van der Waals surface area contributed by atoms with Crippen molar-refractivity contribution in [1.82, 2.24) is 20.6 Å². The van der Waals surface area contributed by atoms with Crippen molar-refractivity contribution in [3.05, 3.63) is 53.3 Å². The highest BCUT2D eigenvalue weighted by Gasteiger charge is 2.57. The molecular weight excluding hydrogens is 639 g/mol. The van der Waals surface area contributed by atoms with Crippen LogP contribution in [0, 0.1) is 40.8 Å². The normalized spacial score (nSPS) is 28.6. The van der Waals surface area contributed by atoms with Crippen molar-refractivity contribution >= 4 is 11.8 Å². The van der Waals surface area contributed by atoms with Gasteiger partial charge < -0.3 is 30.5 Å². The van der Waals surface area contributed by atoms with Crippen LogP contribution >= 0.6 is 0 Å². The number of carbonyl (C=O) groups is 2. The molecule has 1 aliphatic heterocycles. The van der Waals surface area contributed by atoms with Crippen LogP contribution in [0.3, 0.4) is 0 Å². The fourth-order valence-corrected chi connectivity index (χ4v) is 8.76. The first kappa shape index (κ1) is 38.1. The van der Waals surface area contributed by atoms with E-state index in [9.17, 15) is 19.8 Å². The zero-order valence-electron chi connectivity index (χ0n) is 31.1. The van der Waals surface area contributed by atoms with Crippen molar-refractivity contribution in [3.8, 4) is 16.9 Å². The van der Waals surface area contributed by atoms with Gasteiger partial charge in [0.25, 0.3) is 5.91 Å². The zero-order chi connectivity index (χ0) is 36.7.